The number of aryl methyl sites for hydroxylation is 1. The SMILES string of the molecule is Cc1nc(N2CCC3(CC2)CO[C@@H](C)[C@H]3N)n2nc(CO)nc2c1Sc1cccc(Cl)c1Cl. The van der Waals surface area contributed by atoms with Gasteiger partial charge in [-0.1, -0.05) is 41.0 Å². The molecule has 5 rings (SSSR count). The summed E-state index contributed by atoms with van der Waals surface area (Å²) in [6, 6.07) is 5.56. The number of benzene rings is 1. The van der Waals surface area contributed by atoms with Crippen molar-refractivity contribution >= 4 is 46.6 Å². The van der Waals surface area contributed by atoms with Gasteiger partial charge in [-0.15, -0.1) is 5.10 Å². The van der Waals surface area contributed by atoms with E-state index >= 15 is 0 Å². The Morgan fingerprint density at radius 2 is 2.03 bits per heavy atom. The van der Waals surface area contributed by atoms with Gasteiger partial charge >= 0.3 is 0 Å². The van der Waals surface area contributed by atoms with Crippen molar-refractivity contribution in [2.45, 2.75) is 55.2 Å². The third-order valence-corrected chi connectivity index (χ3v) is 8.97. The fraction of sp³-hybridized carbons (Fsp3) is 0.500. The third kappa shape index (κ3) is 3.98. The van der Waals surface area contributed by atoms with Gasteiger partial charge in [0.05, 0.1) is 33.3 Å². The lowest BCUT2D eigenvalue weighted by atomic mass is 9.73. The summed E-state index contributed by atoms with van der Waals surface area (Å²) in [5, 5.41) is 15.2. The van der Waals surface area contributed by atoms with E-state index in [0.717, 1.165) is 41.4 Å². The van der Waals surface area contributed by atoms with Gasteiger partial charge in [-0.25, -0.2) is 9.97 Å². The van der Waals surface area contributed by atoms with E-state index in [1.807, 2.05) is 19.1 Å². The van der Waals surface area contributed by atoms with E-state index in [1.54, 1.807) is 10.6 Å². The van der Waals surface area contributed by atoms with Crippen LogP contribution in [0.4, 0.5) is 5.95 Å². The van der Waals surface area contributed by atoms with Crippen LogP contribution in [-0.2, 0) is 11.3 Å². The first-order valence-electron chi connectivity index (χ1n) is 10.9. The van der Waals surface area contributed by atoms with E-state index in [4.69, 9.17) is 38.7 Å². The van der Waals surface area contributed by atoms with Crippen LogP contribution in [0.15, 0.2) is 28.0 Å². The molecule has 3 aromatic rings. The van der Waals surface area contributed by atoms with Gasteiger partial charge in [0.25, 0.3) is 0 Å². The van der Waals surface area contributed by atoms with E-state index in [9.17, 15) is 5.11 Å². The maximum atomic E-state index is 9.72. The summed E-state index contributed by atoms with van der Waals surface area (Å²) >= 11 is 14.1. The van der Waals surface area contributed by atoms with E-state index in [1.165, 1.54) is 11.8 Å². The summed E-state index contributed by atoms with van der Waals surface area (Å²) in [7, 11) is 0. The number of anilines is 1. The lowest BCUT2D eigenvalue weighted by Gasteiger charge is -2.41. The van der Waals surface area contributed by atoms with Crippen molar-refractivity contribution in [1.29, 1.82) is 0 Å². The number of hydrogen-bond acceptors (Lipinski definition) is 8. The summed E-state index contributed by atoms with van der Waals surface area (Å²) in [6.07, 6.45) is 1.94. The number of halogens is 2. The quantitative estimate of drug-likeness (QED) is 0.549. The van der Waals surface area contributed by atoms with Gasteiger partial charge < -0.3 is 20.5 Å². The van der Waals surface area contributed by atoms with Gasteiger partial charge in [0.15, 0.2) is 11.5 Å². The number of piperidine rings is 1. The smallest absolute Gasteiger partial charge is 0.228 e. The Morgan fingerprint density at radius 1 is 1.27 bits per heavy atom. The first-order chi connectivity index (χ1) is 15.8. The molecule has 0 saturated carbocycles. The lowest BCUT2D eigenvalue weighted by molar-refractivity contribution is 0.0973. The Bertz CT molecular complexity index is 1200. The van der Waals surface area contributed by atoms with Crippen LogP contribution in [0.3, 0.4) is 0 Å². The molecule has 11 heteroatoms. The van der Waals surface area contributed by atoms with Crippen molar-refractivity contribution in [2.75, 3.05) is 24.6 Å². The average molecular weight is 509 g/mol. The third-order valence-electron chi connectivity index (χ3n) is 6.80. The van der Waals surface area contributed by atoms with Crippen LogP contribution >= 0.6 is 35.0 Å². The maximum absolute atomic E-state index is 9.72. The van der Waals surface area contributed by atoms with E-state index in [-0.39, 0.29) is 24.2 Å². The molecule has 2 saturated heterocycles. The minimum Gasteiger partial charge on any atom is -0.388 e. The van der Waals surface area contributed by atoms with Crippen LogP contribution in [0.5, 0.6) is 0 Å². The highest BCUT2D eigenvalue weighted by atomic mass is 35.5. The highest BCUT2D eigenvalue weighted by Crippen LogP contribution is 2.43. The number of aromatic nitrogens is 4. The maximum Gasteiger partial charge on any atom is 0.228 e. The number of nitrogens with two attached hydrogens (primary N) is 1. The normalized spacial score (nSPS) is 22.5. The van der Waals surface area contributed by atoms with E-state index in [0.29, 0.717) is 34.1 Å². The van der Waals surface area contributed by atoms with Crippen molar-refractivity contribution in [2.24, 2.45) is 11.1 Å². The standard InChI is InChI=1S/C22H26Cl2N6O2S/c1-12-18(33-15-5-3-4-14(23)17(15)24)20-27-16(10-31)28-30(20)21(26-12)29-8-6-22(7-9-29)11-32-13(2)19(22)25/h3-5,13,19,31H,6-11,25H2,1-2H3/t13-,19+/m0/s1. The van der Waals surface area contributed by atoms with Crippen LogP contribution in [0, 0.1) is 12.3 Å². The minimum absolute atomic E-state index is 0.0157. The zero-order valence-electron chi connectivity index (χ0n) is 18.5. The molecular weight excluding hydrogens is 483 g/mol. The Balaban J connectivity index is 1.50. The molecule has 1 spiro atoms. The molecule has 2 aliphatic rings. The number of fused-ring (bicyclic) bond motifs is 1. The number of aliphatic hydroxyl groups is 1. The fourth-order valence-electron chi connectivity index (χ4n) is 4.74. The molecule has 0 radical (unpaired) electrons. The van der Waals surface area contributed by atoms with Crippen molar-refractivity contribution in [3.8, 4) is 0 Å². The first kappa shape index (κ1) is 23.1. The second-order valence-electron chi connectivity index (χ2n) is 8.79. The highest BCUT2D eigenvalue weighted by molar-refractivity contribution is 7.99. The largest absolute Gasteiger partial charge is 0.388 e. The van der Waals surface area contributed by atoms with Gasteiger partial charge in [0.2, 0.25) is 5.95 Å². The summed E-state index contributed by atoms with van der Waals surface area (Å²) in [5.74, 6) is 1.06. The number of rotatable bonds is 4. The number of hydrogen-bond donors (Lipinski definition) is 2. The molecule has 0 aliphatic carbocycles. The topological polar surface area (TPSA) is 102 Å². The molecule has 2 fully saturated rings. The van der Waals surface area contributed by atoms with E-state index < -0.39 is 0 Å². The van der Waals surface area contributed by atoms with Crippen molar-refractivity contribution < 1.29 is 9.84 Å². The molecule has 8 nitrogen and oxygen atoms in total. The summed E-state index contributed by atoms with van der Waals surface area (Å²) in [4.78, 5) is 13.4. The van der Waals surface area contributed by atoms with Crippen molar-refractivity contribution in [1.82, 2.24) is 19.6 Å². The molecule has 33 heavy (non-hydrogen) atoms. The van der Waals surface area contributed by atoms with Gasteiger partial charge in [-0.05, 0) is 38.8 Å². The molecule has 0 amide bonds. The van der Waals surface area contributed by atoms with Gasteiger partial charge in [0, 0.05) is 29.4 Å². The van der Waals surface area contributed by atoms with Crippen molar-refractivity contribution in [3.63, 3.8) is 0 Å². The first-order valence-corrected chi connectivity index (χ1v) is 12.5. The lowest BCUT2D eigenvalue weighted by Crippen LogP contribution is -2.51. The van der Waals surface area contributed by atoms with Crippen LogP contribution in [-0.4, -0.2) is 56.5 Å². The Kier molecular flexibility index (Phi) is 6.22. The average Bonchev–Trinajstić information content (AvgIpc) is 3.36. The zero-order chi connectivity index (χ0) is 23.3. The monoisotopic (exact) mass is 508 g/mol. The number of ether oxygens (including phenoxy) is 1. The highest BCUT2D eigenvalue weighted by Gasteiger charge is 2.47. The molecule has 2 aromatic heterocycles. The second-order valence-corrected chi connectivity index (χ2v) is 10.6. The number of aliphatic hydroxyl groups excluding tert-OH is 1. The predicted octanol–water partition coefficient (Wildman–Crippen LogP) is 3.72. The van der Waals surface area contributed by atoms with Crippen LogP contribution in [0.2, 0.25) is 10.0 Å². The molecule has 2 aliphatic heterocycles. The van der Waals surface area contributed by atoms with Crippen LogP contribution in [0.25, 0.3) is 5.65 Å². The Morgan fingerprint density at radius 3 is 2.70 bits per heavy atom. The summed E-state index contributed by atoms with van der Waals surface area (Å²) in [6.45, 7) is 6.05. The minimum atomic E-state index is -0.255. The molecule has 1 aromatic carbocycles. The van der Waals surface area contributed by atoms with Gasteiger partial charge in [-0.3, -0.25) is 0 Å². The Labute approximate surface area is 206 Å². The predicted molar refractivity (Wildman–Crippen MR) is 129 cm³/mol. The molecule has 4 heterocycles. The number of nitrogens with zero attached hydrogens (tertiary/aromatic N) is 5. The Hall–Kier alpha value is -1.62. The van der Waals surface area contributed by atoms with E-state index in [2.05, 4.69) is 21.9 Å². The van der Waals surface area contributed by atoms with Crippen molar-refractivity contribution in [3.05, 3.63) is 39.8 Å². The molecule has 0 unspecified atom stereocenters. The van der Waals surface area contributed by atoms with Crippen LogP contribution in [0.1, 0.15) is 31.3 Å². The van der Waals surface area contributed by atoms with Crippen LogP contribution < -0.4 is 10.6 Å². The molecule has 176 valence electrons. The summed E-state index contributed by atoms with van der Waals surface area (Å²) < 4.78 is 7.59. The fourth-order valence-corrected chi connectivity index (χ4v) is 6.20. The van der Waals surface area contributed by atoms with Gasteiger partial charge in [-0.2, -0.15) is 4.52 Å². The second kappa shape index (κ2) is 8.87. The van der Waals surface area contributed by atoms with Gasteiger partial charge in [0.1, 0.15) is 6.61 Å². The molecule has 2 atom stereocenters. The zero-order valence-corrected chi connectivity index (χ0v) is 20.8. The summed E-state index contributed by atoms with van der Waals surface area (Å²) in [5.41, 5.74) is 7.95. The molecule has 3 N–H and O–H groups in total. The molecule has 0 bridgehead atoms. The molecular formula is C22H26Cl2N6O2S.